The molecule has 27 heavy (non-hydrogen) atoms. The van der Waals surface area contributed by atoms with E-state index in [1.165, 1.54) is 18.2 Å². The Balaban J connectivity index is 1.42. The topological polar surface area (TPSA) is 32.3 Å². The minimum atomic E-state index is -0.289. The fraction of sp³-hybridized carbons (Fsp3) is 0.381. The number of carbonyl (C=O) groups is 1. The predicted octanol–water partition coefficient (Wildman–Crippen LogP) is 4.19. The van der Waals surface area contributed by atoms with Crippen molar-refractivity contribution in [1.82, 2.24) is 10.2 Å². The maximum atomic E-state index is 13.9. The highest BCUT2D eigenvalue weighted by Crippen LogP contribution is 2.24. The SMILES string of the molecule is O=C(NCCc1ccc(F)cc1)C1CCN(Cc2c(F)cccc2Cl)CC1. The molecule has 3 nitrogen and oxygen atoms in total. The van der Waals surface area contributed by atoms with Crippen molar-refractivity contribution in [2.45, 2.75) is 25.8 Å². The average Bonchev–Trinajstić information content (AvgIpc) is 2.67. The molecule has 0 atom stereocenters. The Labute approximate surface area is 163 Å². The summed E-state index contributed by atoms with van der Waals surface area (Å²) in [6.45, 7) is 2.47. The molecule has 0 radical (unpaired) electrons. The molecule has 1 aliphatic rings. The van der Waals surface area contributed by atoms with Crippen LogP contribution in [0.4, 0.5) is 8.78 Å². The fourth-order valence-electron chi connectivity index (χ4n) is 3.39. The largest absolute Gasteiger partial charge is 0.356 e. The quantitative estimate of drug-likeness (QED) is 0.799. The van der Waals surface area contributed by atoms with E-state index in [1.807, 2.05) is 0 Å². The molecule has 0 bridgehead atoms. The lowest BCUT2D eigenvalue weighted by Gasteiger charge is -2.31. The Kier molecular flexibility index (Phi) is 6.80. The summed E-state index contributed by atoms with van der Waals surface area (Å²) in [5, 5.41) is 3.41. The van der Waals surface area contributed by atoms with Crippen LogP contribution in [0.5, 0.6) is 0 Å². The van der Waals surface area contributed by atoms with Crippen molar-refractivity contribution in [2.24, 2.45) is 5.92 Å². The number of piperidine rings is 1. The zero-order valence-electron chi connectivity index (χ0n) is 15.1. The molecule has 144 valence electrons. The highest BCUT2D eigenvalue weighted by molar-refractivity contribution is 6.31. The van der Waals surface area contributed by atoms with Gasteiger partial charge in [-0.1, -0.05) is 29.8 Å². The molecule has 1 fully saturated rings. The van der Waals surface area contributed by atoms with Crippen LogP contribution in [-0.2, 0) is 17.8 Å². The first-order valence-corrected chi connectivity index (χ1v) is 9.58. The molecule has 1 heterocycles. The molecule has 1 saturated heterocycles. The van der Waals surface area contributed by atoms with Crippen LogP contribution >= 0.6 is 11.6 Å². The van der Waals surface area contributed by atoms with Gasteiger partial charge in [-0.25, -0.2) is 8.78 Å². The van der Waals surface area contributed by atoms with Crippen LogP contribution in [0.25, 0.3) is 0 Å². The average molecular weight is 393 g/mol. The summed E-state index contributed by atoms with van der Waals surface area (Å²) in [4.78, 5) is 14.5. The number of nitrogens with one attached hydrogen (secondary N) is 1. The van der Waals surface area contributed by atoms with Crippen molar-refractivity contribution in [2.75, 3.05) is 19.6 Å². The molecule has 0 unspecified atom stereocenters. The number of carbonyl (C=O) groups excluding carboxylic acids is 1. The summed E-state index contributed by atoms with van der Waals surface area (Å²) in [6.07, 6.45) is 2.17. The Morgan fingerprint density at radius 2 is 1.81 bits per heavy atom. The van der Waals surface area contributed by atoms with Crippen LogP contribution in [-0.4, -0.2) is 30.4 Å². The Morgan fingerprint density at radius 1 is 1.11 bits per heavy atom. The van der Waals surface area contributed by atoms with Gasteiger partial charge in [-0.15, -0.1) is 0 Å². The molecule has 0 aromatic heterocycles. The summed E-state index contributed by atoms with van der Waals surface area (Å²) in [6, 6.07) is 11.0. The Bertz CT molecular complexity index is 754. The summed E-state index contributed by atoms with van der Waals surface area (Å²) in [7, 11) is 0. The van der Waals surface area contributed by atoms with Crippen LogP contribution in [0.3, 0.4) is 0 Å². The van der Waals surface area contributed by atoms with E-state index < -0.39 is 0 Å². The lowest BCUT2D eigenvalue weighted by atomic mass is 9.95. The van der Waals surface area contributed by atoms with E-state index in [2.05, 4.69) is 10.2 Å². The van der Waals surface area contributed by atoms with Crippen LogP contribution in [0, 0.1) is 17.6 Å². The Hall–Kier alpha value is -1.98. The fourth-order valence-corrected chi connectivity index (χ4v) is 3.61. The third kappa shape index (κ3) is 5.50. The first-order valence-electron chi connectivity index (χ1n) is 9.20. The summed E-state index contributed by atoms with van der Waals surface area (Å²) in [5.74, 6) is -0.513. The van der Waals surface area contributed by atoms with Crippen molar-refractivity contribution in [3.63, 3.8) is 0 Å². The van der Waals surface area contributed by atoms with Crippen molar-refractivity contribution in [1.29, 1.82) is 0 Å². The lowest BCUT2D eigenvalue weighted by molar-refractivity contribution is -0.126. The molecule has 0 saturated carbocycles. The van der Waals surface area contributed by atoms with Crippen molar-refractivity contribution in [3.8, 4) is 0 Å². The number of rotatable bonds is 6. The third-order valence-corrected chi connectivity index (χ3v) is 5.38. The van der Waals surface area contributed by atoms with Gasteiger partial charge >= 0.3 is 0 Å². The highest BCUT2D eigenvalue weighted by atomic mass is 35.5. The van der Waals surface area contributed by atoms with Crippen molar-refractivity contribution in [3.05, 3.63) is 70.2 Å². The molecule has 0 spiro atoms. The normalized spacial score (nSPS) is 15.7. The molecule has 2 aromatic carbocycles. The minimum Gasteiger partial charge on any atom is -0.356 e. The van der Waals surface area contributed by atoms with Crippen LogP contribution in [0.2, 0.25) is 5.02 Å². The molecule has 1 aliphatic heterocycles. The van der Waals surface area contributed by atoms with Crippen LogP contribution in [0.15, 0.2) is 42.5 Å². The molecule has 0 aliphatic carbocycles. The number of benzene rings is 2. The first kappa shape index (κ1) is 19.8. The van der Waals surface area contributed by atoms with Gasteiger partial charge in [0.15, 0.2) is 0 Å². The summed E-state index contributed by atoms with van der Waals surface area (Å²) in [5.41, 5.74) is 1.51. The Morgan fingerprint density at radius 3 is 2.48 bits per heavy atom. The monoisotopic (exact) mass is 392 g/mol. The maximum absolute atomic E-state index is 13.9. The number of amides is 1. The van der Waals surface area contributed by atoms with E-state index in [1.54, 1.807) is 24.3 Å². The van der Waals surface area contributed by atoms with E-state index in [9.17, 15) is 13.6 Å². The summed E-state index contributed by atoms with van der Waals surface area (Å²) >= 11 is 6.09. The number of nitrogens with zero attached hydrogens (tertiary/aromatic N) is 1. The maximum Gasteiger partial charge on any atom is 0.223 e. The molecule has 2 aromatic rings. The highest BCUT2D eigenvalue weighted by Gasteiger charge is 2.25. The second kappa shape index (κ2) is 9.29. The second-order valence-corrected chi connectivity index (χ2v) is 7.33. The molecule has 1 N–H and O–H groups in total. The predicted molar refractivity (Wildman–Crippen MR) is 103 cm³/mol. The molecule has 6 heteroatoms. The van der Waals surface area contributed by atoms with E-state index in [-0.39, 0.29) is 23.5 Å². The van der Waals surface area contributed by atoms with Gasteiger partial charge in [0.05, 0.1) is 0 Å². The van der Waals surface area contributed by atoms with Crippen LogP contribution in [0.1, 0.15) is 24.0 Å². The van der Waals surface area contributed by atoms with Gasteiger partial charge in [-0.2, -0.15) is 0 Å². The van der Waals surface area contributed by atoms with Gasteiger partial charge in [0.25, 0.3) is 0 Å². The second-order valence-electron chi connectivity index (χ2n) is 6.92. The van der Waals surface area contributed by atoms with E-state index in [4.69, 9.17) is 11.6 Å². The van der Waals surface area contributed by atoms with Crippen molar-refractivity contribution < 1.29 is 13.6 Å². The molecule has 1 amide bonds. The standard InChI is InChI=1S/C21H23ClF2N2O/c22-19-2-1-3-20(24)18(19)14-26-12-9-16(10-13-26)21(27)25-11-8-15-4-6-17(23)7-5-15/h1-7,16H,8-14H2,(H,25,27). The molecular formula is C21H23ClF2N2O. The van der Waals surface area contributed by atoms with E-state index in [0.29, 0.717) is 30.1 Å². The van der Waals surface area contributed by atoms with Gasteiger partial charge in [0, 0.05) is 29.6 Å². The van der Waals surface area contributed by atoms with Crippen LogP contribution < -0.4 is 5.32 Å². The smallest absolute Gasteiger partial charge is 0.223 e. The zero-order chi connectivity index (χ0) is 19.2. The number of likely N-dealkylation sites (tertiary alicyclic amines) is 1. The van der Waals surface area contributed by atoms with Gasteiger partial charge in [0.2, 0.25) is 5.91 Å². The number of hydrogen-bond acceptors (Lipinski definition) is 2. The number of halogens is 3. The zero-order valence-corrected chi connectivity index (χ0v) is 15.8. The minimum absolute atomic E-state index is 0.0226. The van der Waals surface area contributed by atoms with Gasteiger partial charge in [0.1, 0.15) is 11.6 Å². The van der Waals surface area contributed by atoms with Gasteiger partial charge in [-0.05, 0) is 62.2 Å². The van der Waals surface area contributed by atoms with Gasteiger partial charge < -0.3 is 5.32 Å². The van der Waals surface area contributed by atoms with E-state index >= 15 is 0 Å². The lowest BCUT2D eigenvalue weighted by Crippen LogP contribution is -2.40. The van der Waals surface area contributed by atoms with Gasteiger partial charge in [-0.3, -0.25) is 9.69 Å². The van der Waals surface area contributed by atoms with E-state index in [0.717, 1.165) is 31.5 Å². The third-order valence-electron chi connectivity index (χ3n) is 5.03. The molecular weight excluding hydrogens is 370 g/mol. The van der Waals surface area contributed by atoms with Crippen molar-refractivity contribution >= 4 is 17.5 Å². The molecule has 3 rings (SSSR count). The summed E-state index contributed by atoms with van der Waals surface area (Å²) < 4.78 is 26.8. The first-order chi connectivity index (χ1) is 13.0. The number of hydrogen-bond donors (Lipinski definition) is 1.